The number of fused-ring (bicyclic) bond motifs is 1. The van der Waals surface area contributed by atoms with Gasteiger partial charge in [-0.25, -0.2) is 9.78 Å². The minimum absolute atomic E-state index is 0.340. The number of aryl methyl sites for hydroxylation is 2. The second-order valence-electron chi connectivity index (χ2n) is 7.89. The number of aromatic nitrogens is 4. The number of hydrogen-bond donors (Lipinski definition) is 1. The summed E-state index contributed by atoms with van der Waals surface area (Å²) in [6, 6.07) is 0. The van der Waals surface area contributed by atoms with Crippen molar-refractivity contribution >= 4 is 22.9 Å². The number of aromatic amines is 1. The monoisotopic (exact) mass is 408 g/mol. The Morgan fingerprint density at radius 3 is 2.11 bits per heavy atom. The maximum Gasteiger partial charge on any atom is 0.329 e. The Morgan fingerprint density at radius 1 is 0.964 bits per heavy atom. The average Bonchev–Trinajstić information content (AvgIpc) is 2.99. The molecule has 0 radical (unpaired) electrons. The van der Waals surface area contributed by atoms with E-state index in [4.69, 9.17) is 0 Å². The van der Waals surface area contributed by atoms with E-state index in [1.54, 1.807) is 18.8 Å². The highest BCUT2D eigenvalue weighted by atomic mass is 32.2. The van der Waals surface area contributed by atoms with Crippen LogP contribution in [0.15, 0.2) is 14.7 Å². The van der Waals surface area contributed by atoms with Gasteiger partial charge < -0.3 is 4.57 Å². The van der Waals surface area contributed by atoms with Crippen LogP contribution in [0.5, 0.6) is 0 Å². The Kier molecular flexibility index (Phi) is 9.35. The van der Waals surface area contributed by atoms with Gasteiger partial charge in [-0.3, -0.25) is 14.3 Å². The van der Waals surface area contributed by atoms with Gasteiger partial charge in [0.15, 0.2) is 16.3 Å². The van der Waals surface area contributed by atoms with E-state index in [1.807, 2.05) is 4.57 Å². The zero-order valence-electron chi connectivity index (χ0n) is 17.9. The van der Waals surface area contributed by atoms with Crippen molar-refractivity contribution in [2.75, 3.05) is 0 Å². The van der Waals surface area contributed by atoms with E-state index in [0.717, 1.165) is 24.5 Å². The molecule has 0 unspecified atom stereocenters. The third kappa shape index (κ3) is 6.26. The Bertz CT molecular complexity index is 850. The summed E-state index contributed by atoms with van der Waals surface area (Å²) in [7, 11) is 1.66. The van der Waals surface area contributed by atoms with E-state index in [-0.39, 0.29) is 5.56 Å². The van der Waals surface area contributed by atoms with Crippen LogP contribution in [-0.4, -0.2) is 24.4 Å². The summed E-state index contributed by atoms with van der Waals surface area (Å²) in [6.45, 7) is 7.24. The van der Waals surface area contributed by atoms with Crippen molar-refractivity contribution in [3.8, 4) is 0 Å². The van der Waals surface area contributed by atoms with Crippen LogP contribution < -0.4 is 11.2 Å². The lowest BCUT2D eigenvalue weighted by Gasteiger charge is -2.10. The van der Waals surface area contributed by atoms with Crippen molar-refractivity contribution in [1.29, 1.82) is 0 Å². The molecule has 2 aromatic heterocycles. The minimum Gasteiger partial charge on any atom is -0.313 e. The lowest BCUT2D eigenvalue weighted by Crippen LogP contribution is -2.29. The van der Waals surface area contributed by atoms with Crippen LogP contribution in [0.4, 0.5) is 0 Å². The van der Waals surface area contributed by atoms with E-state index in [1.165, 1.54) is 55.9 Å². The highest BCUT2D eigenvalue weighted by Gasteiger charge is 2.18. The maximum atomic E-state index is 12.4. The van der Waals surface area contributed by atoms with E-state index >= 15 is 0 Å². The van der Waals surface area contributed by atoms with Gasteiger partial charge in [0, 0.05) is 18.8 Å². The molecule has 0 fully saturated rings. The minimum atomic E-state index is -0.415. The standard InChI is InChI=1S/C21H36N4O2S/c1-5-6-7-8-9-10-11-12-13-14-15-25-17-18(22-21(25)28-16(2)3)24(4)20(27)23-19(17)26/h16H,5-15H2,1-4H3,(H,23,26,27). The third-order valence-corrected chi connectivity index (χ3v) is 6.04. The fourth-order valence-electron chi connectivity index (χ4n) is 3.48. The van der Waals surface area contributed by atoms with E-state index < -0.39 is 5.69 Å². The van der Waals surface area contributed by atoms with Gasteiger partial charge in [0.25, 0.3) is 5.56 Å². The first-order chi connectivity index (χ1) is 13.5. The van der Waals surface area contributed by atoms with Gasteiger partial charge in [-0.2, -0.15) is 0 Å². The van der Waals surface area contributed by atoms with Crippen LogP contribution in [0.25, 0.3) is 11.2 Å². The highest BCUT2D eigenvalue weighted by molar-refractivity contribution is 7.99. The number of thioether (sulfide) groups is 1. The molecular weight excluding hydrogens is 372 g/mol. The summed E-state index contributed by atoms with van der Waals surface area (Å²) in [5.41, 5.74) is 0.237. The van der Waals surface area contributed by atoms with E-state index in [9.17, 15) is 9.59 Å². The van der Waals surface area contributed by atoms with Crippen LogP contribution in [0, 0.1) is 0 Å². The summed E-state index contributed by atoms with van der Waals surface area (Å²) >= 11 is 1.64. The predicted molar refractivity (Wildman–Crippen MR) is 118 cm³/mol. The molecule has 0 aliphatic heterocycles. The second kappa shape index (κ2) is 11.5. The molecule has 6 nitrogen and oxygen atoms in total. The van der Waals surface area contributed by atoms with Crippen LogP contribution >= 0.6 is 11.8 Å². The van der Waals surface area contributed by atoms with Crippen molar-refractivity contribution in [1.82, 2.24) is 19.1 Å². The average molecular weight is 409 g/mol. The van der Waals surface area contributed by atoms with Crippen molar-refractivity contribution in [2.45, 2.75) is 102 Å². The topological polar surface area (TPSA) is 72.7 Å². The number of imidazole rings is 1. The first-order valence-electron chi connectivity index (χ1n) is 10.8. The Morgan fingerprint density at radius 2 is 1.54 bits per heavy atom. The SMILES string of the molecule is CCCCCCCCCCCCn1c(SC(C)C)nc2c1c(=O)[nH]c(=O)n2C. The second-order valence-corrected chi connectivity index (χ2v) is 9.43. The van der Waals surface area contributed by atoms with Crippen molar-refractivity contribution in [3.05, 3.63) is 20.8 Å². The molecule has 0 saturated carbocycles. The largest absolute Gasteiger partial charge is 0.329 e. The molecule has 0 aliphatic rings. The zero-order chi connectivity index (χ0) is 20.5. The van der Waals surface area contributed by atoms with E-state index in [0.29, 0.717) is 16.4 Å². The van der Waals surface area contributed by atoms with Crippen LogP contribution in [0.2, 0.25) is 0 Å². The summed E-state index contributed by atoms with van der Waals surface area (Å²) in [4.78, 5) is 31.3. The highest BCUT2D eigenvalue weighted by Crippen LogP contribution is 2.25. The van der Waals surface area contributed by atoms with Gasteiger partial charge >= 0.3 is 5.69 Å². The zero-order valence-corrected chi connectivity index (χ0v) is 18.7. The molecule has 1 N–H and O–H groups in total. The summed E-state index contributed by atoms with van der Waals surface area (Å²) in [6.07, 6.45) is 12.8. The number of rotatable bonds is 13. The van der Waals surface area contributed by atoms with Gasteiger partial charge in [-0.1, -0.05) is 90.3 Å². The summed E-state index contributed by atoms with van der Waals surface area (Å²) in [5.74, 6) is 0. The first kappa shape index (κ1) is 22.8. The predicted octanol–water partition coefficient (Wildman–Crippen LogP) is 4.84. The van der Waals surface area contributed by atoms with Crippen LogP contribution in [-0.2, 0) is 13.6 Å². The fraction of sp³-hybridized carbons (Fsp3) is 0.762. The van der Waals surface area contributed by atoms with Gasteiger partial charge in [0.2, 0.25) is 0 Å². The van der Waals surface area contributed by atoms with E-state index in [2.05, 4.69) is 30.7 Å². The lowest BCUT2D eigenvalue weighted by atomic mass is 10.1. The van der Waals surface area contributed by atoms with Crippen molar-refractivity contribution in [2.24, 2.45) is 7.05 Å². The molecule has 28 heavy (non-hydrogen) atoms. The summed E-state index contributed by atoms with van der Waals surface area (Å²) in [5, 5.41) is 1.19. The number of nitrogens with one attached hydrogen (secondary N) is 1. The Labute approximate surface area is 172 Å². The molecule has 0 aromatic carbocycles. The number of H-pyrrole nitrogens is 1. The molecule has 2 aromatic rings. The molecule has 0 aliphatic carbocycles. The molecule has 2 heterocycles. The first-order valence-corrected chi connectivity index (χ1v) is 11.7. The maximum absolute atomic E-state index is 12.4. The number of unbranched alkanes of at least 4 members (excludes halogenated alkanes) is 9. The third-order valence-electron chi connectivity index (χ3n) is 5.05. The van der Waals surface area contributed by atoms with Gasteiger partial charge in [-0.15, -0.1) is 0 Å². The number of hydrogen-bond acceptors (Lipinski definition) is 4. The molecule has 0 bridgehead atoms. The molecule has 0 atom stereocenters. The number of nitrogens with zero attached hydrogens (tertiary/aromatic N) is 3. The molecule has 0 amide bonds. The molecule has 7 heteroatoms. The molecule has 0 saturated heterocycles. The Balaban J connectivity index is 1.95. The normalized spacial score (nSPS) is 11.8. The van der Waals surface area contributed by atoms with Gasteiger partial charge in [0.1, 0.15) is 0 Å². The smallest absolute Gasteiger partial charge is 0.313 e. The van der Waals surface area contributed by atoms with Gasteiger partial charge in [0.05, 0.1) is 0 Å². The molecule has 0 spiro atoms. The lowest BCUT2D eigenvalue weighted by molar-refractivity contribution is 0.526. The molecule has 2 rings (SSSR count). The van der Waals surface area contributed by atoms with Crippen molar-refractivity contribution in [3.63, 3.8) is 0 Å². The van der Waals surface area contributed by atoms with Gasteiger partial charge in [-0.05, 0) is 6.42 Å². The van der Waals surface area contributed by atoms with Crippen LogP contribution in [0.3, 0.4) is 0 Å². The Hall–Kier alpha value is -1.50. The van der Waals surface area contributed by atoms with Crippen molar-refractivity contribution < 1.29 is 0 Å². The molecule has 158 valence electrons. The summed E-state index contributed by atoms with van der Waals surface area (Å²) < 4.78 is 3.43. The quantitative estimate of drug-likeness (QED) is 0.380. The molecular formula is C21H36N4O2S. The van der Waals surface area contributed by atoms with Crippen LogP contribution in [0.1, 0.15) is 85.0 Å². The fourth-order valence-corrected chi connectivity index (χ4v) is 4.35.